The van der Waals surface area contributed by atoms with E-state index in [1.807, 2.05) is 0 Å². The second-order valence-corrected chi connectivity index (χ2v) is 2.83. The van der Waals surface area contributed by atoms with Crippen LogP contribution >= 0.6 is 0 Å². The van der Waals surface area contributed by atoms with Crippen molar-refractivity contribution in [2.24, 2.45) is 0 Å². The summed E-state index contributed by atoms with van der Waals surface area (Å²) in [6, 6.07) is 3.28. The molecule has 16 heavy (non-hydrogen) atoms. The Balaban J connectivity index is 3.10. The lowest BCUT2D eigenvalue weighted by molar-refractivity contribution is -0.274. The van der Waals surface area contributed by atoms with Gasteiger partial charge in [0.2, 0.25) is 0 Å². The Bertz CT molecular complexity index is 367. The van der Waals surface area contributed by atoms with E-state index < -0.39 is 24.7 Å². The summed E-state index contributed by atoms with van der Waals surface area (Å²) >= 11 is 0. The van der Waals surface area contributed by atoms with E-state index in [-0.39, 0.29) is 5.75 Å². The molecule has 0 saturated carbocycles. The van der Waals surface area contributed by atoms with Crippen LogP contribution in [-0.4, -0.2) is 30.6 Å². The van der Waals surface area contributed by atoms with Crippen LogP contribution in [0.3, 0.4) is 0 Å². The van der Waals surface area contributed by atoms with Crippen LogP contribution in [0.2, 0.25) is 0 Å². The highest BCUT2D eigenvalue weighted by Gasteiger charge is 2.33. The van der Waals surface area contributed by atoms with Gasteiger partial charge in [0, 0.05) is 11.5 Å². The van der Waals surface area contributed by atoms with Crippen LogP contribution in [0.15, 0.2) is 18.2 Å². The number of hydrogen-bond donors (Lipinski definition) is 2. The number of benzene rings is 1. The van der Waals surface area contributed by atoms with Crippen molar-refractivity contribution in [3.8, 4) is 11.5 Å². The highest BCUT2D eigenvalue weighted by Crippen LogP contribution is 2.24. The number of hydrogen-bond acceptors (Lipinski definition) is 4. The van der Waals surface area contributed by atoms with Gasteiger partial charge in [0.1, 0.15) is 11.5 Å². The lowest BCUT2D eigenvalue weighted by Crippen LogP contribution is -2.33. The second-order valence-electron chi connectivity index (χ2n) is 2.83. The van der Waals surface area contributed by atoms with E-state index in [1.165, 1.54) is 13.2 Å². The summed E-state index contributed by atoms with van der Waals surface area (Å²) in [5, 5.41) is 17.7. The summed E-state index contributed by atoms with van der Waals surface area (Å²) < 4.78 is 44.3. The molecule has 4 nitrogen and oxygen atoms in total. The van der Waals surface area contributed by atoms with Gasteiger partial charge in [-0.15, -0.1) is 13.2 Å². The molecule has 0 radical (unpaired) electrons. The summed E-state index contributed by atoms with van der Waals surface area (Å²) in [4.78, 5) is 0. The molecule has 0 amide bonds. The van der Waals surface area contributed by atoms with Gasteiger partial charge in [-0.25, -0.2) is 0 Å². The number of ether oxygens (including phenoxy) is 2. The van der Waals surface area contributed by atoms with Gasteiger partial charge < -0.3 is 19.5 Å². The predicted octanol–water partition coefficient (Wildman–Crippen LogP) is 0.274. The third-order valence-electron chi connectivity index (χ3n) is 1.72. The van der Waals surface area contributed by atoms with Crippen molar-refractivity contribution >= 4 is 12.6 Å². The van der Waals surface area contributed by atoms with Crippen molar-refractivity contribution in [1.82, 2.24) is 0 Å². The Morgan fingerprint density at radius 2 is 1.88 bits per heavy atom. The fourth-order valence-electron chi connectivity index (χ4n) is 1.07. The molecule has 0 spiro atoms. The summed E-state index contributed by atoms with van der Waals surface area (Å²) in [6.45, 7) is 0. The fourth-order valence-corrected chi connectivity index (χ4v) is 1.07. The van der Waals surface area contributed by atoms with Crippen LogP contribution < -0.4 is 14.9 Å². The smallest absolute Gasteiger partial charge is 0.497 e. The van der Waals surface area contributed by atoms with Gasteiger partial charge in [-0.2, -0.15) is 0 Å². The molecular formula is C8H8BF3O4. The Morgan fingerprint density at radius 1 is 1.25 bits per heavy atom. The average molecular weight is 236 g/mol. The van der Waals surface area contributed by atoms with Gasteiger partial charge in [-0.1, -0.05) is 6.07 Å². The van der Waals surface area contributed by atoms with E-state index in [2.05, 4.69) is 4.74 Å². The number of alkyl halides is 3. The van der Waals surface area contributed by atoms with Crippen LogP contribution in [0.5, 0.6) is 11.5 Å². The standard InChI is InChI=1S/C8H8BF3O4/c1-15-5-2-3-6(9(13)14)7(4-5)16-8(10,11)12/h2-4,13-14H,1H3. The molecule has 0 unspecified atom stereocenters. The van der Waals surface area contributed by atoms with Crippen LogP contribution in [0, 0.1) is 0 Å². The molecule has 0 aliphatic carbocycles. The third-order valence-corrected chi connectivity index (χ3v) is 1.72. The zero-order valence-electron chi connectivity index (χ0n) is 8.15. The summed E-state index contributed by atoms with van der Waals surface area (Å²) in [5.74, 6) is -0.592. The van der Waals surface area contributed by atoms with Crippen molar-refractivity contribution in [2.45, 2.75) is 6.36 Å². The number of rotatable bonds is 3. The second kappa shape index (κ2) is 4.62. The van der Waals surface area contributed by atoms with Crippen LogP contribution in [0.1, 0.15) is 0 Å². The molecule has 0 aliphatic rings. The molecule has 8 heteroatoms. The quantitative estimate of drug-likeness (QED) is 0.739. The fraction of sp³-hybridized carbons (Fsp3) is 0.250. The first kappa shape index (κ1) is 12.7. The van der Waals surface area contributed by atoms with Gasteiger partial charge in [-0.05, 0) is 6.07 Å². The van der Waals surface area contributed by atoms with Gasteiger partial charge >= 0.3 is 13.5 Å². The van der Waals surface area contributed by atoms with Crippen molar-refractivity contribution in [3.63, 3.8) is 0 Å². The third kappa shape index (κ3) is 3.32. The first-order valence-electron chi connectivity index (χ1n) is 4.13. The van der Waals surface area contributed by atoms with Gasteiger partial charge in [0.15, 0.2) is 0 Å². The maximum absolute atomic E-state index is 12.0. The molecule has 0 fully saturated rings. The van der Waals surface area contributed by atoms with E-state index in [4.69, 9.17) is 14.8 Å². The first-order chi connectivity index (χ1) is 7.33. The van der Waals surface area contributed by atoms with Crippen LogP contribution in [0.25, 0.3) is 0 Å². The molecule has 0 heterocycles. The molecule has 0 saturated heterocycles. The lowest BCUT2D eigenvalue weighted by Gasteiger charge is -2.13. The molecule has 0 aliphatic heterocycles. The van der Waals surface area contributed by atoms with Crippen molar-refractivity contribution in [1.29, 1.82) is 0 Å². The SMILES string of the molecule is COc1ccc(B(O)O)c(OC(F)(F)F)c1. The van der Waals surface area contributed by atoms with Crippen LogP contribution in [-0.2, 0) is 0 Å². The highest BCUT2D eigenvalue weighted by atomic mass is 19.4. The molecule has 1 rings (SSSR count). The molecule has 0 aromatic heterocycles. The van der Waals surface area contributed by atoms with Crippen LogP contribution in [0.4, 0.5) is 13.2 Å². The predicted molar refractivity (Wildman–Crippen MR) is 49.5 cm³/mol. The molecule has 0 atom stereocenters. The van der Waals surface area contributed by atoms with Gasteiger partial charge in [0.25, 0.3) is 0 Å². The minimum Gasteiger partial charge on any atom is -0.497 e. The summed E-state index contributed by atoms with van der Waals surface area (Å²) in [7, 11) is -0.787. The average Bonchev–Trinajstić information content (AvgIpc) is 2.14. The van der Waals surface area contributed by atoms with E-state index in [1.54, 1.807) is 0 Å². The molecule has 88 valence electrons. The Hall–Kier alpha value is -1.41. The lowest BCUT2D eigenvalue weighted by atomic mass is 9.79. The van der Waals surface area contributed by atoms with E-state index in [0.29, 0.717) is 0 Å². The molecule has 0 bridgehead atoms. The monoisotopic (exact) mass is 236 g/mol. The van der Waals surface area contributed by atoms with Crippen molar-refractivity contribution < 1.29 is 32.7 Å². The first-order valence-corrected chi connectivity index (χ1v) is 4.13. The Kier molecular flexibility index (Phi) is 3.66. The zero-order valence-corrected chi connectivity index (χ0v) is 8.15. The molecule has 2 N–H and O–H groups in total. The highest BCUT2D eigenvalue weighted by molar-refractivity contribution is 6.59. The van der Waals surface area contributed by atoms with Crippen molar-refractivity contribution in [3.05, 3.63) is 18.2 Å². The molecule has 1 aromatic rings. The van der Waals surface area contributed by atoms with E-state index in [0.717, 1.165) is 12.1 Å². The van der Waals surface area contributed by atoms with Crippen molar-refractivity contribution in [2.75, 3.05) is 7.11 Å². The number of halogens is 3. The minimum atomic E-state index is -4.91. The molecule has 1 aromatic carbocycles. The van der Waals surface area contributed by atoms with E-state index in [9.17, 15) is 13.2 Å². The Labute approximate surface area is 89.4 Å². The topological polar surface area (TPSA) is 58.9 Å². The summed E-state index contributed by atoms with van der Waals surface area (Å²) in [6.07, 6.45) is -4.91. The van der Waals surface area contributed by atoms with E-state index >= 15 is 0 Å². The largest absolute Gasteiger partial charge is 0.573 e. The Morgan fingerprint density at radius 3 is 2.31 bits per heavy atom. The zero-order chi connectivity index (χ0) is 12.3. The summed E-state index contributed by atoms with van der Waals surface area (Å²) in [5.41, 5.74) is -0.391. The van der Waals surface area contributed by atoms with Gasteiger partial charge in [-0.3, -0.25) is 0 Å². The maximum Gasteiger partial charge on any atom is 0.573 e. The maximum atomic E-state index is 12.0. The normalized spacial score (nSPS) is 11.1. The molecular weight excluding hydrogens is 228 g/mol. The minimum absolute atomic E-state index is 0.114. The number of methoxy groups -OCH3 is 1. The van der Waals surface area contributed by atoms with Gasteiger partial charge in [0.05, 0.1) is 7.11 Å².